The number of rotatable bonds is 5. The van der Waals surface area contributed by atoms with Gasteiger partial charge in [0.1, 0.15) is 18.0 Å². The van der Waals surface area contributed by atoms with E-state index < -0.39 is 17.8 Å². The van der Waals surface area contributed by atoms with Crippen LogP contribution in [-0.4, -0.2) is 36.9 Å². The number of methoxy groups -OCH3 is 1. The van der Waals surface area contributed by atoms with Crippen LogP contribution in [0.3, 0.4) is 0 Å². The average Bonchev–Trinajstić information content (AvgIpc) is 2.68. The molecule has 1 aliphatic heterocycles. The lowest BCUT2D eigenvalue weighted by molar-refractivity contribution is -0.129. The van der Waals surface area contributed by atoms with E-state index in [1.54, 1.807) is 30.3 Å². The van der Waals surface area contributed by atoms with E-state index in [0.717, 1.165) is 4.90 Å². The largest absolute Gasteiger partial charge is 0.493 e. The molecule has 0 aliphatic carbocycles. The molecule has 1 heterocycles. The molecule has 0 spiro atoms. The number of nitrogens with zero attached hydrogens (tertiary/aromatic N) is 1. The normalized spacial score (nSPS) is 15.6. The first kappa shape index (κ1) is 19.1. The molecule has 2 aromatic rings. The van der Waals surface area contributed by atoms with Crippen LogP contribution in [0.2, 0.25) is 0 Å². The number of carbonyl (C=O) groups excluding carboxylic acids is 3. The Hall–Kier alpha value is -3.68. The Morgan fingerprint density at radius 2 is 1.89 bits per heavy atom. The van der Waals surface area contributed by atoms with Crippen molar-refractivity contribution in [2.45, 2.75) is 6.61 Å². The third kappa shape index (κ3) is 4.01. The van der Waals surface area contributed by atoms with Gasteiger partial charge in [-0.1, -0.05) is 18.2 Å². The fraction of sp³-hybridized carbons (Fsp3) is 0.150. The Morgan fingerprint density at radius 3 is 2.61 bits per heavy atom. The van der Waals surface area contributed by atoms with Crippen LogP contribution in [0, 0.1) is 5.82 Å². The molecule has 8 heteroatoms. The SMILES string of the molecule is COc1cc(C=C2C(=O)NC(=O)N(C)C2=O)ccc1OCc1cccc(F)c1. The van der Waals surface area contributed by atoms with Gasteiger partial charge in [-0.25, -0.2) is 9.18 Å². The molecule has 0 bridgehead atoms. The van der Waals surface area contributed by atoms with Crippen LogP contribution in [0.25, 0.3) is 6.08 Å². The molecular formula is C20H17FN2O5. The summed E-state index contributed by atoms with van der Waals surface area (Å²) in [5, 5.41) is 2.09. The van der Waals surface area contributed by atoms with E-state index in [1.807, 2.05) is 0 Å². The minimum absolute atomic E-state index is 0.141. The van der Waals surface area contributed by atoms with Gasteiger partial charge in [0.15, 0.2) is 11.5 Å². The van der Waals surface area contributed by atoms with Gasteiger partial charge in [-0.2, -0.15) is 0 Å². The highest BCUT2D eigenvalue weighted by Gasteiger charge is 2.33. The molecule has 1 fully saturated rings. The zero-order chi connectivity index (χ0) is 20.3. The highest BCUT2D eigenvalue weighted by Crippen LogP contribution is 2.30. The molecule has 1 aliphatic rings. The monoisotopic (exact) mass is 384 g/mol. The molecule has 0 atom stereocenters. The number of imide groups is 2. The van der Waals surface area contributed by atoms with E-state index >= 15 is 0 Å². The Kier molecular flexibility index (Phi) is 5.39. The van der Waals surface area contributed by atoms with Gasteiger partial charge in [0.25, 0.3) is 11.8 Å². The van der Waals surface area contributed by atoms with E-state index in [1.165, 1.54) is 32.4 Å². The van der Waals surface area contributed by atoms with Crippen molar-refractivity contribution in [2.24, 2.45) is 0 Å². The summed E-state index contributed by atoms with van der Waals surface area (Å²) in [5.41, 5.74) is 0.999. The number of halogens is 1. The van der Waals surface area contributed by atoms with E-state index in [0.29, 0.717) is 22.6 Å². The lowest BCUT2D eigenvalue weighted by atomic mass is 10.1. The standard InChI is InChI=1S/C20H17FN2O5/c1-23-19(25)15(18(24)22-20(23)26)9-12-6-7-16(17(10-12)27-2)28-11-13-4-3-5-14(21)8-13/h3-10H,11H2,1-2H3,(H,22,24,26). The summed E-state index contributed by atoms with van der Waals surface area (Å²) in [4.78, 5) is 36.4. The number of hydrogen-bond donors (Lipinski definition) is 1. The van der Waals surface area contributed by atoms with Gasteiger partial charge < -0.3 is 9.47 Å². The van der Waals surface area contributed by atoms with Gasteiger partial charge in [0, 0.05) is 7.05 Å². The fourth-order valence-corrected chi connectivity index (χ4v) is 2.59. The summed E-state index contributed by atoms with van der Waals surface area (Å²) in [7, 11) is 2.73. The molecule has 2 aromatic carbocycles. The zero-order valence-corrected chi connectivity index (χ0v) is 15.2. The quantitative estimate of drug-likeness (QED) is 0.633. The van der Waals surface area contributed by atoms with Crippen molar-refractivity contribution in [3.8, 4) is 11.5 Å². The molecule has 3 rings (SSSR count). The molecule has 144 valence electrons. The number of barbiturate groups is 1. The summed E-state index contributed by atoms with van der Waals surface area (Å²) < 4.78 is 24.2. The first-order valence-corrected chi connectivity index (χ1v) is 8.29. The predicted molar refractivity (Wildman–Crippen MR) is 98.0 cm³/mol. The smallest absolute Gasteiger partial charge is 0.331 e. The molecule has 7 nitrogen and oxygen atoms in total. The lowest BCUT2D eigenvalue weighted by Crippen LogP contribution is -2.52. The summed E-state index contributed by atoms with van der Waals surface area (Å²) in [5.74, 6) is -1.02. The Labute approximate surface area is 160 Å². The maximum Gasteiger partial charge on any atom is 0.331 e. The van der Waals surface area contributed by atoms with Gasteiger partial charge in [0.2, 0.25) is 0 Å². The van der Waals surface area contributed by atoms with Crippen LogP contribution in [0.4, 0.5) is 9.18 Å². The highest BCUT2D eigenvalue weighted by atomic mass is 19.1. The van der Waals surface area contributed by atoms with Crippen molar-refractivity contribution < 1.29 is 28.2 Å². The van der Waals surface area contributed by atoms with Crippen molar-refractivity contribution in [3.05, 3.63) is 65.0 Å². The number of urea groups is 1. The summed E-state index contributed by atoms with van der Waals surface area (Å²) in [6, 6.07) is 10.1. The third-order valence-corrected chi connectivity index (χ3v) is 4.09. The Morgan fingerprint density at radius 1 is 1.11 bits per heavy atom. The molecule has 1 saturated heterocycles. The van der Waals surface area contributed by atoms with E-state index in [4.69, 9.17) is 9.47 Å². The maximum absolute atomic E-state index is 13.3. The van der Waals surface area contributed by atoms with Gasteiger partial charge in [-0.05, 0) is 41.5 Å². The van der Waals surface area contributed by atoms with Crippen LogP contribution in [-0.2, 0) is 16.2 Å². The van der Waals surface area contributed by atoms with Crippen molar-refractivity contribution in [2.75, 3.05) is 14.2 Å². The molecular weight excluding hydrogens is 367 g/mol. The van der Waals surface area contributed by atoms with Crippen LogP contribution in [0.5, 0.6) is 11.5 Å². The number of benzene rings is 2. The molecule has 0 unspecified atom stereocenters. The van der Waals surface area contributed by atoms with Crippen molar-refractivity contribution >= 4 is 23.9 Å². The van der Waals surface area contributed by atoms with Gasteiger partial charge >= 0.3 is 6.03 Å². The van der Waals surface area contributed by atoms with E-state index in [9.17, 15) is 18.8 Å². The predicted octanol–water partition coefficient (Wildman–Crippen LogP) is 2.50. The number of nitrogens with one attached hydrogen (secondary N) is 1. The molecule has 0 aromatic heterocycles. The van der Waals surface area contributed by atoms with Crippen molar-refractivity contribution in [3.63, 3.8) is 0 Å². The summed E-state index contributed by atoms with van der Waals surface area (Å²) in [6.07, 6.45) is 1.36. The number of likely N-dealkylation sites (N-methyl/N-ethyl adjacent to an activating group) is 1. The topological polar surface area (TPSA) is 84.9 Å². The maximum atomic E-state index is 13.3. The first-order chi connectivity index (χ1) is 13.4. The minimum Gasteiger partial charge on any atom is -0.493 e. The Bertz CT molecular complexity index is 986. The van der Waals surface area contributed by atoms with Crippen molar-refractivity contribution in [1.82, 2.24) is 10.2 Å². The second kappa shape index (κ2) is 7.91. The first-order valence-electron chi connectivity index (χ1n) is 8.29. The Balaban J connectivity index is 1.82. The molecule has 1 N–H and O–H groups in total. The van der Waals surface area contributed by atoms with Crippen molar-refractivity contribution in [1.29, 1.82) is 0 Å². The van der Waals surface area contributed by atoms with E-state index in [2.05, 4.69) is 5.32 Å². The average molecular weight is 384 g/mol. The number of ether oxygens (including phenoxy) is 2. The molecule has 4 amide bonds. The number of amides is 4. The zero-order valence-electron chi connectivity index (χ0n) is 15.2. The molecule has 28 heavy (non-hydrogen) atoms. The van der Waals surface area contributed by atoms with Crippen LogP contribution >= 0.6 is 0 Å². The molecule has 0 saturated carbocycles. The molecule has 0 radical (unpaired) electrons. The fourth-order valence-electron chi connectivity index (χ4n) is 2.59. The highest BCUT2D eigenvalue weighted by molar-refractivity contribution is 6.30. The van der Waals surface area contributed by atoms with Crippen LogP contribution in [0.15, 0.2) is 48.0 Å². The van der Waals surface area contributed by atoms with Gasteiger partial charge in [-0.15, -0.1) is 0 Å². The van der Waals surface area contributed by atoms with E-state index in [-0.39, 0.29) is 18.0 Å². The lowest BCUT2D eigenvalue weighted by Gasteiger charge is -2.22. The van der Waals surface area contributed by atoms with Gasteiger partial charge in [-0.3, -0.25) is 19.8 Å². The third-order valence-electron chi connectivity index (χ3n) is 4.09. The number of carbonyl (C=O) groups is 3. The van der Waals surface area contributed by atoms with Gasteiger partial charge in [0.05, 0.1) is 7.11 Å². The van der Waals surface area contributed by atoms with Crippen LogP contribution < -0.4 is 14.8 Å². The summed E-state index contributed by atoms with van der Waals surface area (Å²) in [6.45, 7) is 0.141. The minimum atomic E-state index is -0.772. The summed E-state index contributed by atoms with van der Waals surface area (Å²) >= 11 is 0. The number of hydrogen-bond acceptors (Lipinski definition) is 5. The second-order valence-corrected chi connectivity index (χ2v) is 6.01. The van der Waals surface area contributed by atoms with Crippen LogP contribution in [0.1, 0.15) is 11.1 Å². The second-order valence-electron chi connectivity index (χ2n) is 6.01.